The van der Waals surface area contributed by atoms with Gasteiger partial charge in [-0.1, -0.05) is 24.3 Å². The Labute approximate surface area is 250 Å². The third-order valence-corrected chi connectivity index (χ3v) is 7.43. The Kier molecular flexibility index (Phi) is 7.86. The second-order valence-corrected chi connectivity index (χ2v) is 10.3. The summed E-state index contributed by atoms with van der Waals surface area (Å²) < 4.78 is 61.7. The first-order valence-electron chi connectivity index (χ1n) is 14.0. The first-order valence-corrected chi connectivity index (χ1v) is 14.0. The number of hydrogen-bond donors (Lipinski definition) is 0. The molecule has 2 aromatic heterocycles. The minimum Gasteiger partial charge on any atom is -0.494 e. The molecule has 0 saturated carbocycles. The topological polar surface area (TPSA) is 72.6 Å². The first kappa shape index (κ1) is 29.0. The number of benzene rings is 3. The van der Waals surface area contributed by atoms with E-state index in [2.05, 4.69) is 4.98 Å². The molecule has 0 spiro atoms. The van der Waals surface area contributed by atoms with Crippen LogP contribution in [0, 0.1) is 5.82 Å². The number of hydrogen-bond acceptors (Lipinski definition) is 6. The molecule has 3 heterocycles. The lowest BCUT2D eigenvalue weighted by Crippen LogP contribution is -2.36. The molecule has 0 unspecified atom stereocenters. The Balaban J connectivity index is 1.46. The van der Waals surface area contributed by atoms with E-state index < -0.39 is 23.6 Å². The summed E-state index contributed by atoms with van der Waals surface area (Å²) in [4.78, 5) is 29.8. The van der Waals surface area contributed by atoms with Gasteiger partial charge in [0.1, 0.15) is 29.3 Å². The van der Waals surface area contributed by atoms with E-state index in [1.54, 1.807) is 71.6 Å². The summed E-state index contributed by atoms with van der Waals surface area (Å²) in [5.74, 6) is 0.232. The van der Waals surface area contributed by atoms with Crippen molar-refractivity contribution in [3.8, 4) is 11.4 Å². The van der Waals surface area contributed by atoms with Crippen molar-refractivity contribution in [2.75, 3.05) is 13.2 Å². The Morgan fingerprint density at radius 2 is 1.77 bits per heavy atom. The van der Waals surface area contributed by atoms with E-state index in [1.165, 1.54) is 6.07 Å². The van der Waals surface area contributed by atoms with Crippen LogP contribution in [0.15, 0.2) is 101 Å². The van der Waals surface area contributed by atoms with Crippen LogP contribution in [0.2, 0.25) is 0 Å². The molecule has 1 aliphatic heterocycles. The van der Waals surface area contributed by atoms with Crippen LogP contribution >= 0.6 is 0 Å². The quantitative estimate of drug-likeness (QED) is 0.189. The second-order valence-electron chi connectivity index (χ2n) is 10.3. The van der Waals surface area contributed by atoms with Gasteiger partial charge in [-0.25, -0.2) is 9.37 Å². The van der Waals surface area contributed by atoms with Crippen molar-refractivity contribution in [1.29, 1.82) is 0 Å². The third-order valence-electron chi connectivity index (χ3n) is 7.43. The molecule has 7 nitrogen and oxygen atoms in total. The van der Waals surface area contributed by atoms with Crippen molar-refractivity contribution in [2.24, 2.45) is 4.99 Å². The largest absolute Gasteiger partial charge is 0.494 e. The zero-order valence-electron chi connectivity index (χ0n) is 23.6. The highest BCUT2D eigenvalue weighted by Crippen LogP contribution is 2.34. The molecule has 0 radical (unpaired) electrons. The van der Waals surface area contributed by atoms with E-state index in [1.807, 2.05) is 17.9 Å². The fourth-order valence-corrected chi connectivity index (χ4v) is 5.39. The van der Waals surface area contributed by atoms with E-state index >= 15 is 0 Å². The van der Waals surface area contributed by atoms with Crippen LogP contribution in [-0.4, -0.2) is 38.4 Å². The van der Waals surface area contributed by atoms with Gasteiger partial charge in [0.2, 0.25) is 0 Å². The van der Waals surface area contributed by atoms with Gasteiger partial charge >= 0.3 is 6.18 Å². The first-order chi connectivity index (χ1) is 21.2. The number of fused-ring (bicyclic) bond motifs is 1. The minimum atomic E-state index is -4.84. The Morgan fingerprint density at radius 1 is 0.977 bits per heavy atom. The summed E-state index contributed by atoms with van der Waals surface area (Å²) in [5, 5.41) is 0.439. The molecular weight excluding hydrogens is 574 g/mol. The summed E-state index contributed by atoms with van der Waals surface area (Å²) in [5.41, 5.74) is 0.581. The fraction of sp³-hybridized carbons (Fsp3) is 0.212. The number of amidine groups is 1. The van der Waals surface area contributed by atoms with Gasteiger partial charge in [0.25, 0.3) is 5.56 Å². The van der Waals surface area contributed by atoms with Gasteiger partial charge in [-0.05, 0) is 72.6 Å². The number of nitrogens with zero attached hydrogens (tertiary/aromatic N) is 5. The lowest BCUT2D eigenvalue weighted by molar-refractivity contribution is -0.140. The van der Waals surface area contributed by atoms with E-state index in [0.29, 0.717) is 47.2 Å². The van der Waals surface area contributed by atoms with Gasteiger partial charge in [-0.2, -0.15) is 13.2 Å². The standard InChI is InChI=1S/C33H27F4N5O2/c1-2-44-24-12-10-23(11-13-24)42-31(40-28-8-4-3-7-25(28)32(42)43)29-19-39-30(41(29)20-22-6-5-15-38-18-22)17-21-9-14-27(34)26(16-21)33(35,36)37/h3-16,18,29H,2,17,19-20H2,1H3/t29-/m1/s1. The predicted molar refractivity (Wildman–Crippen MR) is 158 cm³/mol. The van der Waals surface area contributed by atoms with Crippen molar-refractivity contribution in [2.45, 2.75) is 32.1 Å². The molecule has 0 fully saturated rings. The monoisotopic (exact) mass is 601 g/mol. The van der Waals surface area contributed by atoms with Crippen LogP contribution in [0.3, 0.4) is 0 Å². The molecule has 11 heteroatoms. The number of halogens is 4. The van der Waals surface area contributed by atoms with Gasteiger partial charge in [0, 0.05) is 25.4 Å². The molecule has 6 rings (SSSR count). The fourth-order valence-electron chi connectivity index (χ4n) is 5.39. The third kappa shape index (κ3) is 5.77. The Morgan fingerprint density at radius 3 is 2.50 bits per heavy atom. The number of ether oxygens (including phenoxy) is 1. The van der Waals surface area contributed by atoms with Crippen LogP contribution in [-0.2, 0) is 19.1 Å². The maximum atomic E-state index is 14.0. The normalized spacial score (nSPS) is 15.1. The zero-order valence-corrected chi connectivity index (χ0v) is 23.6. The van der Waals surface area contributed by atoms with Crippen molar-refractivity contribution in [3.05, 3.63) is 130 Å². The number of alkyl halides is 3. The number of aromatic nitrogens is 3. The summed E-state index contributed by atoms with van der Waals surface area (Å²) >= 11 is 0. The van der Waals surface area contributed by atoms with Gasteiger partial charge in [0.05, 0.1) is 35.3 Å². The number of aliphatic imine (C=N–C) groups is 1. The number of para-hydroxylation sites is 1. The van der Waals surface area contributed by atoms with Crippen LogP contribution < -0.4 is 10.3 Å². The van der Waals surface area contributed by atoms with Crippen molar-refractivity contribution >= 4 is 16.7 Å². The van der Waals surface area contributed by atoms with E-state index in [9.17, 15) is 22.4 Å². The summed E-state index contributed by atoms with van der Waals surface area (Å²) in [6, 6.07) is 20.3. The van der Waals surface area contributed by atoms with Crippen molar-refractivity contribution in [1.82, 2.24) is 19.4 Å². The molecule has 1 aliphatic rings. The number of pyridine rings is 1. The molecule has 5 aromatic rings. The molecule has 0 aliphatic carbocycles. The lowest BCUT2D eigenvalue weighted by Gasteiger charge is -2.29. The van der Waals surface area contributed by atoms with Crippen LogP contribution in [0.1, 0.15) is 35.5 Å². The second kappa shape index (κ2) is 11.9. The lowest BCUT2D eigenvalue weighted by atomic mass is 10.1. The predicted octanol–water partition coefficient (Wildman–Crippen LogP) is 6.54. The minimum absolute atomic E-state index is 0.0149. The molecule has 0 saturated heterocycles. The number of rotatable bonds is 8. The molecule has 3 aromatic carbocycles. The summed E-state index contributed by atoms with van der Waals surface area (Å²) in [6.07, 6.45) is -1.48. The van der Waals surface area contributed by atoms with Crippen LogP contribution in [0.5, 0.6) is 5.75 Å². The molecule has 0 bridgehead atoms. The van der Waals surface area contributed by atoms with E-state index in [4.69, 9.17) is 14.7 Å². The van der Waals surface area contributed by atoms with Crippen molar-refractivity contribution < 1.29 is 22.3 Å². The molecule has 0 N–H and O–H groups in total. The average molecular weight is 602 g/mol. The van der Waals surface area contributed by atoms with Gasteiger partial charge in [-0.15, -0.1) is 0 Å². The average Bonchev–Trinajstić information content (AvgIpc) is 3.40. The molecular formula is C33H27F4N5O2. The van der Waals surface area contributed by atoms with E-state index in [0.717, 1.165) is 17.7 Å². The highest BCUT2D eigenvalue weighted by Gasteiger charge is 2.36. The maximum Gasteiger partial charge on any atom is 0.419 e. The van der Waals surface area contributed by atoms with E-state index in [-0.39, 0.29) is 24.1 Å². The van der Waals surface area contributed by atoms with Crippen molar-refractivity contribution in [3.63, 3.8) is 0 Å². The van der Waals surface area contributed by atoms with Gasteiger partial charge in [-0.3, -0.25) is 19.3 Å². The highest BCUT2D eigenvalue weighted by atomic mass is 19.4. The molecule has 44 heavy (non-hydrogen) atoms. The molecule has 224 valence electrons. The molecule has 0 amide bonds. The van der Waals surface area contributed by atoms with Crippen LogP contribution in [0.25, 0.3) is 16.6 Å². The SMILES string of the molecule is CCOc1ccc(-n2c([C@H]3CN=C(Cc4ccc(F)c(C(F)(F)F)c4)N3Cc3cccnc3)nc3ccccc3c2=O)cc1. The smallest absolute Gasteiger partial charge is 0.419 e. The van der Waals surface area contributed by atoms with Gasteiger partial charge < -0.3 is 9.64 Å². The Bertz CT molecular complexity index is 1890. The maximum absolute atomic E-state index is 14.0. The zero-order chi connectivity index (χ0) is 30.8. The highest BCUT2D eigenvalue weighted by molar-refractivity contribution is 5.87. The summed E-state index contributed by atoms with van der Waals surface area (Å²) in [7, 11) is 0. The molecule has 1 atom stereocenters. The summed E-state index contributed by atoms with van der Waals surface area (Å²) in [6.45, 7) is 2.88. The van der Waals surface area contributed by atoms with Gasteiger partial charge in [0.15, 0.2) is 0 Å². The Hall–Kier alpha value is -5.06. The van der Waals surface area contributed by atoms with Crippen LogP contribution in [0.4, 0.5) is 17.6 Å².